The minimum atomic E-state index is -0.948. The van der Waals surface area contributed by atoms with E-state index in [1.165, 1.54) is 16.5 Å². The fourth-order valence-corrected chi connectivity index (χ4v) is 3.41. The first-order valence-corrected chi connectivity index (χ1v) is 9.56. The van der Waals surface area contributed by atoms with Crippen molar-refractivity contribution in [1.29, 1.82) is 0 Å². The highest BCUT2D eigenvalue weighted by molar-refractivity contribution is 7.86. The predicted octanol–water partition coefficient (Wildman–Crippen LogP) is 2.87. The second-order valence-corrected chi connectivity index (χ2v) is 9.23. The van der Waals surface area contributed by atoms with E-state index in [9.17, 15) is 9.00 Å². The molecule has 1 atom stereocenters. The van der Waals surface area contributed by atoms with Crippen LogP contribution >= 0.6 is 0 Å². The van der Waals surface area contributed by atoms with Gasteiger partial charge in [-0.3, -0.25) is 4.21 Å². The lowest BCUT2D eigenvalue weighted by atomic mass is 10.1. The first-order chi connectivity index (χ1) is 11.3. The highest BCUT2D eigenvalue weighted by atomic mass is 32.2. The number of benzene rings is 1. The molecule has 0 aliphatic rings. The topological polar surface area (TPSA) is 74.0 Å². The molecule has 2 amide bonds. The van der Waals surface area contributed by atoms with E-state index >= 15 is 0 Å². The van der Waals surface area contributed by atoms with E-state index in [2.05, 4.69) is 34.7 Å². The number of carbonyl (C=O) groups is 1. The van der Waals surface area contributed by atoms with Gasteiger partial charge in [-0.25, -0.2) is 4.79 Å². The molecule has 0 aliphatic heterocycles. The molecule has 5 nitrogen and oxygen atoms in total. The molecule has 2 rings (SSSR count). The molecule has 1 heterocycles. The molecule has 0 unspecified atom stereocenters. The van der Waals surface area contributed by atoms with Gasteiger partial charge in [-0.2, -0.15) is 0 Å². The molecule has 0 bridgehead atoms. The van der Waals surface area contributed by atoms with Crippen LogP contribution in [0.5, 0.6) is 0 Å². The number of rotatable bonds is 6. The zero-order chi connectivity index (χ0) is 17.7. The molecule has 3 N–H and O–H groups in total. The summed E-state index contributed by atoms with van der Waals surface area (Å²) < 4.78 is 11.7. The molecule has 0 radical (unpaired) electrons. The van der Waals surface area contributed by atoms with E-state index in [4.69, 9.17) is 0 Å². The maximum atomic E-state index is 11.9. The molecule has 24 heavy (non-hydrogen) atoms. The van der Waals surface area contributed by atoms with Crippen LogP contribution in [0.15, 0.2) is 24.4 Å². The normalized spacial score (nSPS) is 13.0. The molecule has 1 aromatic heterocycles. The summed E-state index contributed by atoms with van der Waals surface area (Å²) in [5.74, 6) is 0.471. The minimum Gasteiger partial charge on any atom is -0.361 e. The molecule has 132 valence electrons. The average molecular weight is 350 g/mol. The number of nitrogens with one attached hydrogen (secondary N) is 3. The lowest BCUT2D eigenvalue weighted by molar-refractivity contribution is 0.241. The highest BCUT2D eigenvalue weighted by Crippen LogP contribution is 2.21. The zero-order valence-electron chi connectivity index (χ0n) is 14.9. The summed E-state index contributed by atoms with van der Waals surface area (Å²) in [6.45, 7) is 8.87. The zero-order valence-corrected chi connectivity index (χ0v) is 15.7. The molecular weight excluding hydrogens is 322 g/mol. The number of hydrogen-bond acceptors (Lipinski definition) is 2. The van der Waals surface area contributed by atoms with Crippen LogP contribution in [0, 0.1) is 6.92 Å². The summed E-state index contributed by atoms with van der Waals surface area (Å²) in [7, 11) is -0.948. The third-order valence-electron chi connectivity index (χ3n) is 3.95. The van der Waals surface area contributed by atoms with Gasteiger partial charge < -0.3 is 15.6 Å². The van der Waals surface area contributed by atoms with Crippen molar-refractivity contribution in [3.05, 3.63) is 35.5 Å². The Kier molecular flexibility index (Phi) is 6.04. The molecule has 0 spiro atoms. The van der Waals surface area contributed by atoms with E-state index in [1.807, 2.05) is 33.0 Å². The third-order valence-corrected chi connectivity index (χ3v) is 5.89. The van der Waals surface area contributed by atoms with Gasteiger partial charge >= 0.3 is 6.03 Å². The van der Waals surface area contributed by atoms with Crippen LogP contribution in [0.1, 0.15) is 31.9 Å². The van der Waals surface area contributed by atoms with Crippen LogP contribution in [0.4, 0.5) is 4.79 Å². The van der Waals surface area contributed by atoms with Crippen LogP contribution in [-0.4, -0.2) is 38.8 Å². The smallest absolute Gasteiger partial charge is 0.314 e. The second kappa shape index (κ2) is 7.83. The van der Waals surface area contributed by atoms with Crippen LogP contribution in [-0.2, 0) is 17.2 Å². The number of para-hydroxylation sites is 1. The van der Waals surface area contributed by atoms with Crippen LogP contribution in [0.3, 0.4) is 0 Å². The van der Waals surface area contributed by atoms with Crippen molar-refractivity contribution in [1.82, 2.24) is 15.6 Å². The molecule has 2 aromatic rings. The maximum absolute atomic E-state index is 11.9. The van der Waals surface area contributed by atoms with E-state index in [1.54, 1.807) is 0 Å². The second-order valence-electron chi connectivity index (χ2n) is 6.91. The van der Waals surface area contributed by atoms with Crippen molar-refractivity contribution in [3.8, 4) is 0 Å². The standard InChI is InChI=1S/C18H27N3O2S/c1-13-6-5-7-15-14(12-21-16(13)15)8-9-19-17(22)20-10-11-24(23)18(2,3)4/h5-7,12,21H,8-11H2,1-4H3,(H2,19,20,22)/t24-/m0/s1. The number of aromatic amines is 1. The summed E-state index contributed by atoms with van der Waals surface area (Å²) >= 11 is 0. The number of carbonyl (C=O) groups excluding carboxylic acids is 1. The van der Waals surface area contributed by atoms with E-state index in [-0.39, 0.29) is 10.8 Å². The fraction of sp³-hybridized carbons (Fsp3) is 0.500. The Labute approximate surface area is 146 Å². The van der Waals surface area contributed by atoms with Crippen LogP contribution in [0.25, 0.3) is 10.9 Å². The van der Waals surface area contributed by atoms with Gasteiger partial charge in [0.2, 0.25) is 0 Å². The molecule has 0 saturated carbocycles. The molecule has 0 aliphatic carbocycles. The summed E-state index contributed by atoms with van der Waals surface area (Å²) in [6.07, 6.45) is 2.77. The monoisotopic (exact) mass is 349 g/mol. The molecule has 0 saturated heterocycles. The van der Waals surface area contributed by atoms with Gasteiger partial charge in [0.1, 0.15) is 0 Å². The first kappa shape index (κ1) is 18.5. The fourth-order valence-electron chi connectivity index (χ4n) is 2.51. The van der Waals surface area contributed by atoms with Gasteiger partial charge in [0.25, 0.3) is 0 Å². The SMILES string of the molecule is Cc1cccc2c(CCNC(=O)NCC[S@](=O)C(C)(C)C)c[nH]c12. The van der Waals surface area contributed by atoms with Gasteiger partial charge in [-0.05, 0) is 45.2 Å². The average Bonchev–Trinajstić information content (AvgIpc) is 2.91. The van der Waals surface area contributed by atoms with Gasteiger partial charge in [-0.15, -0.1) is 0 Å². The number of fused-ring (bicyclic) bond motifs is 1. The van der Waals surface area contributed by atoms with Crippen molar-refractivity contribution < 1.29 is 9.00 Å². The van der Waals surface area contributed by atoms with Crippen molar-refractivity contribution in [2.75, 3.05) is 18.8 Å². The molecule has 6 heteroatoms. The van der Waals surface area contributed by atoms with Gasteiger partial charge in [0.15, 0.2) is 0 Å². The lowest BCUT2D eigenvalue weighted by Gasteiger charge is -2.17. The number of hydrogen-bond donors (Lipinski definition) is 3. The Morgan fingerprint density at radius 2 is 1.92 bits per heavy atom. The lowest BCUT2D eigenvalue weighted by Crippen LogP contribution is -2.39. The number of aromatic nitrogens is 1. The molecule has 1 aromatic carbocycles. The number of aryl methyl sites for hydroxylation is 1. The first-order valence-electron chi connectivity index (χ1n) is 8.25. The number of urea groups is 1. The van der Waals surface area contributed by atoms with E-state index in [0.717, 1.165) is 11.9 Å². The number of H-pyrrole nitrogens is 1. The summed E-state index contributed by atoms with van der Waals surface area (Å²) in [6, 6.07) is 6.01. The Balaban J connectivity index is 1.74. The molecular formula is C18H27N3O2S. The van der Waals surface area contributed by atoms with Crippen LogP contribution < -0.4 is 10.6 Å². The summed E-state index contributed by atoms with van der Waals surface area (Å²) in [4.78, 5) is 15.1. The van der Waals surface area contributed by atoms with Gasteiger partial charge in [0, 0.05) is 51.5 Å². The van der Waals surface area contributed by atoms with Crippen LogP contribution in [0.2, 0.25) is 0 Å². The third kappa shape index (κ3) is 4.84. The summed E-state index contributed by atoms with van der Waals surface area (Å²) in [5, 5.41) is 6.82. The Morgan fingerprint density at radius 3 is 2.62 bits per heavy atom. The highest BCUT2D eigenvalue weighted by Gasteiger charge is 2.18. The van der Waals surface area contributed by atoms with Crippen molar-refractivity contribution in [3.63, 3.8) is 0 Å². The van der Waals surface area contributed by atoms with Gasteiger partial charge in [0.05, 0.1) is 0 Å². The maximum Gasteiger partial charge on any atom is 0.314 e. The summed E-state index contributed by atoms with van der Waals surface area (Å²) in [5.41, 5.74) is 3.57. The van der Waals surface area contributed by atoms with E-state index in [0.29, 0.717) is 18.8 Å². The van der Waals surface area contributed by atoms with Gasteiger partial charge in [-0.1, -0.05) is 18.2 Å². The van der Waals surface area contributed by atoms with Crippen molar-refractivity contribution in [2.24, 2.45) is 0 Å². The molecule has 0 fully saturated rings. The van der Waals surface area contributed by atoms with Crippen molar-refractivity contribution >= 4 is 27.7 Å². The largest absolute Gasteiger partial charge is 0.361 e. The number of amides is 2. The Bertz CT molecular complexity index is 731. The minimum absolute atomic E-state index is 0.211. The Morgan fingerprint density at radius 1 is 1.21 bits per heavy atom. The predicted molar refractivity (Wildman–Crippen MR) is 101 cm³/mol. The Hall–Kier alpha value is -1.82. The van der Waals surface area contributed by atoms with E-state index < -0.39 is 10.8 Å². The quantitative estimate of drug-likeness (QED) is 0.750. The van der Waals surface area contributed by atoms with Crippen molar-refractivity contribution in [2.45, 2.75) is 38.9 Å².